The zero-order valence-corrected chi connectivity index (χ0v) is 19.4. The van der Waals surface area contributed by atoms with Gasteiger partial charge in [0, 0.05) is 42.2 Å². The molecule has 33 heavy (non-hydrogen) atoms. The van der Waals surface area contributed by atoms with Gasteiger partial charge in [-0.15, -0.1) is 0 Å². The van der Waals surface area contributed by atoms with Gasteiger partial charge in [0.1, 0.15) is 0 Å². The number of amides is 2. The number of hydrogen-bond donors (Lipinski definition) is 2. The molecular formula is C27H32N4O2. The summed E-state index contributed by atoms with van der Waals surface area (Å²) < 4.78 is 0. The van der Waals surface area contributed by atoms with Gasteiger partial charge in [-0.1, -0.05) is 43.7 Å². The molecule has 0 bridgehead atoms. The van der Waals surface area contributed by atoms with Gasteiger partial charge in [0.15, 0.2) is 0 Å². The van der Waals surface area contributed by atoms with Crippen LogP contribution in [0.4, 0.5) is 5.69 Å². The van der Waals surface area contributed by atoms with Gasteiger partial charge in [-0.2, -0.15) is 0 Å². The van der Waals surface area contributed by atoms with Crippen LogP contribution in [0.25, 0.3) is 22.2 Å². The van der Waals surface area contributed by atoms with Crippen molar-refractivity contribution in [1.29, 1.82) is 0 Å². The first-order valence-electron chi connectivity index (χ1n) is 11.9. The van der Waals surface area contributed by atoms with Crippen molar-refractivity contribution in [2.45, 2.75) is 45.6 Å². The second-order valence-electron chi connectivity index (χ2n) is 8.69. The minimum atomic E-state index is -0.0775. The van der Waals surface area contributed by atoms with E-state index >= 15 is 0 Å². The van der Waals surface area contributed by atoms with E-state index in [1.54, 1.807) is 0 Å². The Bertz CT molecular complexity index is 1130. The van der Waals surface area contributed by atoms with E-state index in [2.05, 4.69) is 22.5 Å². The molecule has 1 atom stereocenters. The van der Waals surface area contributed by atoms with Gasteiger partial charge in [-0.3, -0.25) is 14.5 Å². The fraction of sp³-hybridized carbons (Fsp3) is 0.370. The summed E-state index contributed by atoms with van der Waals surface area (Å²) in [5.41, 5.74) is 3.79. The largest absolute Gasteiger partial charge is 0.351 e. The van der Waals surface area contributed by atoms with Gasteiger partial charge in [0.05, 0.1) is 16.8 Å². The van der Waals surface area contributed by atoms with Crippen LogP contribution in [0.1, 0.15) is 49.9 Å². The summed E-state index contributed by atoms with van der Waals surface area (Å²) in [6.45, 7) is 6.69. The Morgan fingerprint density at radius 3 is 2.64 bits per heavy atom. The fourth-order valence-corrected chi connectivity index (χ4v) is 4.38. The number of likely N-dealkylation sites (tertiary alicyclic amines) is 1. The topological polar surface area (TPSA) is 74.3 Å². The molecule has 2 heterocycles. The molecule has 0 saturated carbocycles. The second-order valence-corrected chi connectivity index (χ2v) is 8.69. The molecule has 1 aromatic heterocycles. The second kappa shape index (κ2) is 10.6. The minimum Gasteiger partial charge on any atom is -0.351 e. The number of carbonyl (C=O) groups excluding carboxylic acids is 2. The molecule has 0 aliphatic carbocycles. The summed E-state index contributed by atoms with van der Waals surface area (Å²) in [5.74, 6) is -0.101. The fourth-order valence-electron chi connectivity index (χ4n) is 4.38. The first-order chi connectivity index (χ1) is 16.0. The summed E-state index contributed by atoms with van der Waals surface area (Å²) in [4.78, 5) is 32.0. The maximum absolute atomic E-state index is 13.2. The normalized spacial score (nSPS) is 16.5. The van der Waals surface area contributed by atoms with E-state index in [0.29, 0.717) is 24.6 Å². The van der Waals surface area contributed by atoms with E-state index in [0.717, 1.165) is 40.9 Å². The Kier molecular flexibility index (Phi) is 7.35. The molecule has 4 rings (SSSR count). The predicted octanol–water partition coefficient (Wildman–Crippen LogP) is 4.85. The van der Waals surface area contributed by atoms with E-state index in [1.807, 2.05) is 61.5 Å². The molecule has 1 unspecified atom stereocenters. The first-order valence-corrected chi connectivity index (χ1v) is 11.9. The van der Waals surface area contributed by atoms with Crippen molar-refractivity contribution in [1.82, 2.24) is 15.2 Å². The number of hydrogen-bond acceptors (Lipinski definition) is 4. The van der Waals surface area contributed by atoms with Crippen molar-refractivity contribution in [2.75, 3.05) is 25.0 Å². The van der Waals surface area contributed by atoms with Crippen LogP contribution >= 0.6 is 0 Å². The highest BCUT2D eigenvalue weighted by Crippen LogP contribution is 2.26. The Balaban J connectivity index is 1.54. The standard InChI is InChI=1S/C27H32N4O2/c1-3-26(32)29-21-13-11-20(12-14-21)25-18-23(22-9-4-5-10-24(22)30-25)27(33)28-15-17-31-16-7-6-8-19(31)2/h4-5,9-14,18-19H,3,6-8,15-17H2,1-2H3,(H,28,33)(H,29,32). The molecule has 2 amide bonds. The average Bonchev–Trinajstić information content (AvgIpc) is 2.84. The number of fused-ring (bicyclic) bond motifs is 1. The van der Waals surface area contributed by atoms with Gasteiger partial charge in [-0.05, 0) is 50.6 Å². The number of piperidine rings is 1. The smallest absolute Gasteiger partial charge is 0.252 e. The third-order valence-corrected chi connectivity index (χ3v) is 6.37. The molecule has 1 aliphatic rings. The van der Waals surface area contributed by atoms with E-state index in [9.17, 15) is 9.59 Å². The van der Waals surface area contributed by atoms with Gasteiger partial charge in [0.2, 0.25) is 5.91 Å². The van der Waals surface area contributed by atoms with Crippen molar-refractivity contribution in [3.05, 3.63) is 60.2 Å². The number of aromatic nitrogens is 1. The van der Waals surface area contributed by atoms with Gasteiger partial charge >= 0.3 is 0 Å². The molecule has 2 aromatic carbocycles. The molecule has 6 nitrogen and oxygen atoms in total. The number of rotatable bonds is 7. The highest BCUT2D eigenvalue weighted by molar-refractivity contribution is 6.07. The van der Waals surface area contributed by atoms with Crippen LogP contribution in [-0.4, -0.2) is 47.4 Å². The van der Waals surface area contributed by atoms with Crippen molar-refractivity contribution in [3.63, 3.8) is 0 Å². The highest BCUT2D eigenvalue weighted by atomic mass is 16.2. The van der Waals surface area contributed by atoms with Crippen molar-refractivity contribution >= 4 is 28.4 Å². The summed E-state index contributed by atoms with van der Waals surface area (Å²) in [5, 5.41) is 6.82. The molecule has 6 heteroatoms. The SMILES string of the molecule is CCC(=O)Nc1ccc(-c2cc(C(=O)NCCN3CCCCC3C)c3ccccc3n2)cc1. The lowest BCUT2D eigenvalue weighted by Crippen LogP contribution is -2.42. The number of carbonyl (C=O) groups is 2. The number of pyridine rings is 1. The van der Waals surface area contributed by atoms with Crippen LogP contribution in [0.3, 0.4) is 0 Å². The minimum absolute atomic E-state index is 0.0236. The van der Waals surface area contributed by atoms with E-state index in [4.69, 9.17) is 4.98 Å². The maximum atomic E-state index is 13.2. The van der Waals surface area contributed by atoms with Crippen LogP contribution in [0, 0.1) is 0 Å². The predicted molar refractivity (Wildman–Crippen MR) is 133 cm³/mol. The van der Waals surface area contributed by atoms with Crippen molar-refractivity contribution in [2.24, 2.45) is 0 Å². The monoisotopic (exact) mass is 444 g/mol. The number of para-hydroxylation sites is 1. The Morgan fingerprint density at radius 2 is 1.88 bits per heavy atom. The third kappa shape index (κ3) is 5.57. The van der Waals surface area contributed by atoms with Crippen molar-refractivity contribution < 1.29 is 9.59 Å². The molecule has 0 radical (unpaired) electrons. The highest BCUT2D eigenvalue weighted by Gasteiger charge is 2.18. The summed E-state index contributed by atoms with van der Waals surface area (Å²) in [6.07, 6.45) is 4.19. The third-order valence-electron chi connectivity index (χ3n) is 6.37. The molecule has 1 saturated heterocycles. The van der Waals surface area contributed by atoms with Crippen LogP contribution in [0.2, 0.25) is 0 Å². The molecule has 3 aromatic rings. The molecule has 0 spiro atoms. The van der Waals surface area contributed by atoms with Crippen LogP contribution < -0.4 is 10.6 Å². The number of anilines is 1. The van der Waals surface area contributed by atoms with E-state index in [-0.39, 0.29) is 11.8 Å². The van der Waals surface area contributed by atoms with Crippen LogP contribution in [0.15, 0.2) is 54.6 Å². The molecule has 1 aliphatic heterocycles. The van der Waals surface area contributed by atoms with Gasteiger partial charge in [-0.25, -0.2) is 4.98 Å². The maximum Gasteiger partial charge on any atom is 0.252 e. The lowest BCUT2D eigenvalue weighted by molar-refractivity contribution is -0.115. The van der Waals surface area contributed by atoms with Gasteiger partial charge in [0.25, 0.3) is 5.91 Å². The Labute approximate surface area is 195 Å². The summed E-state index contributed by atoms with van der Waals surface area (Å²) >= 11 is 0. The zero-order valence-electron chi connectivity index (χ0n) is 19.4. The van der Waals surface area contributed by atoms with E-state index < -0.39 is 0 Å². The lowest BCUT2D eigenvalue weighted by atomic mass is 10.0. The summed E-state index contributed by atoms with van der Waals surface area (Å²) in [6, 6.07) is 17.7. The lowest BCUT2D eigenvalue weighted by Gasteiger charge is -2.33. The number of benzene rings is 2. The first kappa shape index (κ1) is 22.9. The zero-order chi connectivity index (χ0) is 23.2. The Hall–Kier alpha value is -3.25. The average molecular weight is 445 g/mol. The quantitative estimate of drug-likeness (QED) is 0.546. The molecule has 1 fully saturated rings. The Morgan fingerprint density at radius 1 is 1.09 bits per heavy atom. The van der Waals surface area contributed by atoms with Crippen molar-refractivity contribution in [3.8, 4) is 11.3 Å². The van der Waals surface area contributed by atoms with E-state index in [1.165, 1.54) is 19.3 Å². The van der Waals surface area contributed by atoms with Crippen LogP contribution in [0.5, 0.6) is 0 Å². The summed E-state index contributed by atoms with van der Waals surface area (Å²) in [7, 11) is 0. The van der Waals surface area contributed by atoms with Crippen LogP contribution in [-0.2, 0) is 4.79 Å². The molecule has 172 valence electrons. The number of nitrogens with zero attached hydrogens (tertiary/aromatic N) is 2. The van der Waals surface area contributed by atoms with Gasteiger partial charge < -0.3 is 10.6 Å². The molecular weight excluding hydrogens is 412 g/mol. The number of nitrogens with one attached hydrogen (secondary N) is 2. The molecule has 2 N–H and O–H groups in total.